The Balaban J connectivity index is 1.23. The zero-order chi connectivity index (χ0) is 24.7. The van der Waals surface area contributed by atoms with Gasteiger partial charge in [-0.15, -0.1) is 0 Å². The van der Waals surface area contributed by atoms with Crippen LogP contribution in [0.25, 0.3) is 11.1 Å². The molecule has 3 aromatic carbocycles. The molecule has 0 spiro atoms. The molecule has 1 fully saturated rings. The van der Waals surface area contributed by atoms with E-state index < -0.39 is 18.1 Å². The van der Waals surface area contributed by atoms with Gasteiger partial charge in [-0.1, -0.05) is 111 Å². The predicted octanol–water partition coefficient (Wildman–Crippen LogP) is 6.61. The van der Waals surface area contributed by atoms with E-state index in [0.717, 1.165) is 29.5 Å². The zero-order valence-electron chi connectivity index (χ0n) is 20.5. The summed E-state index contributed by atoms with van der Waals surface area (Å²) in [5, 5.41) is 2.84. The fourth-order valence-corrected chi connectivity index (χ4v) is 5.58. The van der Waals surface area contributed by atoms with E-state index in [1.165, 1.54) is 30.4 Å². The number of rotatable bonds is 8. The van der Waals surface area contributed by atoms with Gasteiger partial charge < -0.3 is 14.8 Å². The first-order valence-electron chi connectivity index (χ1n) is 13.0. The Morgan fingerprint density at radius 3 is 2.06 bits per heavy atom. The number of hydrogen-bond acceptors (Lipinski definition) is 4. The quantitative estimate of drug-likeness (QED) is 0.366. The molecule has 0 unspecified atom stereocenters. The number of carbonyl (C=O) groups excluding carboxylic acids is 2. The number of fused-ring (bicyclic) bond motifs is 3. The van der Waals surface area contributed by atoms with Gasteiger partial charge in [0.15, 0.2) is 0 Å². The van der Waals surface area contributed by atoms with E-state index in [4.69, 9.17) is 9.47 Å². The maximum atomic E-state index is 13.0. The van der Waals surface area contributed by atoms with E-state index in [-0.39, 0.29) is 19.1 Å². The van der Waals surface area contributed by atoms with E-state index >= 15 is 0 Å². The maximum Gasteiger partial charge on any atom is 0.407 e. The van der Waals surface area contributed by atoms with Crippen molar-refractivity contribution in [1.29, 1.82) is 0 Å². The van der Waals surface area contributed by atoms with Gasteiger partial charge in [0.2, 0.25) is 0 Å². The van der Waals surface area contributed by atoms with Gasteiger partial charge in [-0.3, -0.25) is 0 Å². The molecule has 186 valence electrons. The largest absolute Gasteiger partial charge is 0.459 e. The van der Waals surface area contributed by atoms with Gasteiger partial charge in [-0.2, -0.15) is 0 Å². The number of nitrogens with one attached hydrogen (secondary N) is 1. The molecule has 0 aromatic heterocycles. The van der Waals surface area contributed by atoms with Gasteiger partial charge in [-0.25, -0.2) is 9.59 Å². The van der Waals surface area contributed by atoms with E-state index in [0.29, 0.717) is 12.3 Å². The van der Waals surface area contributed by atoms with Crippen molar-refractivity contribution < 1.29 is 19.1 Å². The average Bonchev–Trinajstić information content (AvgIpc) is 3.25. The number of alkyl carbamates (subject to hydrolysis) is 1. The van der Waals surface area contributed by atoms with Gasteiger partial charge >= 0.3 is 12.1 Å². The van der Waals surface area contributed by atoms with Crippen LogP contribution in [0.3, 0.4) is 0 Å². The monoisotopic (exact) mass is 483 g/mol. The van der Waals surface area contributed by atoms with Crippen LogP contribution in [0, 0.1) is 5.92 Å². The summed E-state index contributed by atoms with van der Waals surface area (Å²) in [6.45, 7) is 0.405. The van der Waals surface area contributed by atoms with Crippen LogP contribution in [-0.2, 0) is 20.9 Å². The summed E-state index contributed by atoms with van der Waals surface area (Å²) in [7, 11) is 0. The lowest BCUT2D eigenvalue weighted by atomic mass is 9.85. The molecule has 1 saturated carbocycles. The molecule has 0 radical (unpaired) electrons. The van der Waals surface area contributed by atoms with E-state index in [1.54, 1.807) is 0 Å². The summed E-state index contributed by atoms with van der Waals surface area (Å²) in [4.78, 5) is 25.9. The molecule has 1 N–H and O–H groups in total. The molecule has 1 atom stereocenters. The molecule has 5 heteroatoms. The van der Waals surface area contributed by atoms with Crippen LogP contribution in [0.2, 0.25) is 0 Å². The smallest absolute Gasteiger partial charge is 0.407 e. The van der Waals surface area contributed by atoms with Crippen LogP contribution >= 0.6 is 0 Å². The minimum Gasteiger partial charge on any atom is -0.459 e. The first-order valence-corrected chi connectivity index (χ1v) is 13.0. The highest BCUT2D eigenvalue weighted by Crippen LogP contribution is 2.44. The SMILES string of the molecule is O=C(N[C@@H](CC1CCCCC1)C(=O)OCc1ccccc1)OCC1c2ccccc2-c2ccccc21. The Labute approximate surface area is 212 Å². The Morgan fingerprint density at radius 2 is 1.39 bits per heavy atom. The van der Waals surface area contributed by atoms with Crippen molar-refractivity contribution in [1.82, 2.24) is 5.32 Å². The van der Waals surface area contributed by atoms with E-state index in [1.807, 2.05) is 54.6 Å². The van der Waals surface area contributed by atoms with Gasteiger partial charge in [0, 0.05) is 5.92 Å². The molecule has 0 saturated heterocycles. The summed E-state index contributed by atoms with van der Waals surface area (Å²) in [5.41, 5.74) is 5.60. The fourth-order valence-electron chi connectivity index (χ4n) is 5.58. The highest BCUT2D eigenvalue weighted by molar-refractivity contribution is 5.82. The third-order valence-corrected chi connectivity index (χ3v) is 7.44. The molecule has 0 heterocycles. The highest BCUT2D eigenvalue weighted by Gasteiger charge is 2.31. The minimum atomic E-state index is -0.715. The molecule has 3 aromatic rings. The zero-order valence-corrected chi connectivity index (χ0v) is 20.5. The maximum absolute atomic E-state index is 13.0. The predicted molar refractivity (Wildman–Crippen MR) is 139 cm³/mol. The number of amides is 1. The Bertz CT molecular complexity index is 1140. The van der Waals surface area contributed by atoms with Crippen LogP contribution in [0.5, 0.6) is 0 Å². The van der Waals surface area contributed by atoms with Crippen LogP contribution in [-0.4, -0.2) is 24.7 Å². The van der Waals surface area contributed by atoms with Crippen molar-refractivity contribution in [2.45, 2.75) is 57.1 Å². The Morgan fingerprint density at radius 1 is 0.778 bits per heavy atom. The molecular weight excluding hydrogens is 450 g/mol. The molecule has 0 bridgehead atoms. The average molecular weight is 484 g/mol. The summed E-state index contributed by atoms with van der Waals surface area (Å²) in [6, 6.07) is 25.4. The molecule has 5 nitrogen and oxygen atoms in total. The van der Waals surface area contributed by atoms with E-state index in [9.17, 15) is 9.59 Å². The minimum absolute atomic E-state index is 0.0232. The van der Waals surface area contributed by atoms with E-state index in [2.05, 4.69) is 29.6 Å². The number of ether oxygens (including phenoxy) is 2. The first-order chi connectivity index (χ1) is 17.7. The van der Waals surface area contributed by atoms with Crippen molar-refractivity contribution in [2.24, 2.45) is 5.92 Å². The number of hydrogen-bond donors (Lipinski definition) is 1. The molecule has 1 amide bonds. The number of carbonyl (C=O) groups is 2. The first kappa shape index (κ1) is 24.1. The lowest BCUT2D eigenvalue weighted by Crippen LogP contribution is -2.43. The summed E-state index contributed by atoms with van der Waals surface area (Å²) < 4.78 is 11.3. The molecule has 36 heavy (non-hydrogen) atoms. The third-order valence-electron chi connectivity index (χ3n) is 7.44. The van der Waals surface area contributed by atoms with Gasteiger partial charge in [-0.05, 0) is 40.2 Å². The van der Waals surface area contributed by atoms with Crippen molar-refractivity contribution >= 4 is 12.1 Å². The highest BCUT2D eigenvalue weighted by atomic mass is 16.6. The molecule has 2 aliphatic carbocycles. The standard InChI is InChI=1S/C31H33NO4/c33-30(35-20-23-13-5-2-6-14-23)29(19-22-11-3-1-4-12-22)32-31(34)36-21-28-26-17-9-7-15-24(26)25-16-8-10-18-27(25)28/h2,5-10,13-18,22,28-29H,1,3-4,11-12,19-21H2,(H,32,34)/t29-/m0/s1. The van der Waals surface area contributed by atoms with Crippen LogP contribution < -0.4 is 5.32 Å². The van der Waals surface area contributed by atoms with Crippen LogP contribution in [0.15, 0.2) is 78.9 Å². The van der Waals surface area contributed by atoms with Gasteiger partial charge in [0.05, 0.1) is 0 Å². The molecule has 5 rings (SSSR count). The second kappa shape index (κ2) is 11.4. The number of esters is 1. The van der Waals surface area contributed by atoms with Crippen LogP contribution in [0.4, 0.5) is 4.79 Å². The normalized spacial score (nSPS) is 16.0. The number of benzene rings is 3. The fraction of sp³-hybridized carbons (Fsp3) is 0.355. The van der Waals surface area contributed by atoms with Crippen molar-refractivity contribution in [3.05, 3.63) is 95.6 Å². The lowest BCUT2D eigenvalue weighted by molar-refractivity contribution is -0.148. The molecule has 2 aliphatic rings. The Hall–Kier alpha value is -3.60. The van der Waals surface area contributed by atoms with Gasteiger partial charge in [0.25, 0.3) is 0 Å². The second-order valence-electron chi connectivity index (χ2n) is 9.86. The second-order valence-corrected chi connectivity index (χ2v) is 9.86. The van der Waals surface area contributed by atoms with Gasteiger partial charge in [0.1, 0.15) is 19.3 Å². The van der Waals surface area contributed by atoms with Crippen LogP contribution in [0.1, 0.15) is 61.1 Å². The summed E-state index contributed by atoms with van der Waals surface area (Å²) in [6.07, 6.45) is 5.73. The summed E-state index contributed by atoms with van der Waals surface area (Å²) >= 11 is 0. The molecule has 0 aliphatic heterocycles. The Kier molecular flexibility index (Phi) is 7.65. The topological polar surface area (TPSA) is 64.6 Å². The lowest BCUT2D eigenvalue weighted by Gasteiger charge is -2.26. The summed E-state index contributed by atoms with van der Waals surface area (Å²) in [5.74, 6) is -0.0233. The third kappa shape index (κ3) is 5.62. The van der Waals surface area contributed by atoms with Crippen molar-refractivity contribution in [2.75, 3.05) is 6.61 Å². The van der Waals surface area contributed by atoms with Crippen molar-refractivity contribution in [3.63, 3.8) is 0 Å². The van der Waals surface area contributed by atoms with Crippen molar-refractivity contribution in [3.8, 4) is 11.1 Å². The molecular formula is C31H33NO4.